The maximum Gasteiger partial charge on any atom is 0.271 e. The Kier molecular flexibility index (Phi) is 7.42. The Morgan fingerprint density at radius 1 is 1.03 bits per heavy atom. The van der Waals surface area contributed by atoms with Crippen LogP contribution >= 0.6 is 22.7 Å². The Hall–Kier alpha value is -3.20. The number of aromatic amines is 1. The number of carbonyl (C=O) groups is 2. The van der Waals surface area contributed by atoms with E-state index in [0.717, 1.165) is 40.5 Å². The minimum absolute atomic E-state index is 0.0289. The van der Waals surface area contributed by atoms with Crippen LogP contribution in [0.3, 0.4) is 0 Å². The summed E-state index contributed by atoms with van der Waals surface area (Å²) in [5.41, 5.74) is 2.31. The number of benzene rings is 1. The SMILES string of the molecule is O=C(NC[C@@H]1CCCO1)[C@@H](c1cccs1)N(Cc1cccs1)C(=O)c1ccc(-c2ccccc2)[nH]1. The van der Waals surface area contributed by atoms with Crippen molar-refractivity contribution in [3.63, 3.8) is 0 Å². The number of aromatic nitrogens is 1. The van der Waals surface area contributed by atoms with E-state index >= 15 is 0 Å². The van der Waals surface area contributed by atoms with Gasteiger partial charge in [-0.2, -0.15) is 0 Å². The molecule has 1 aromatic carbocycles. The zero-order chi connectivity index (χ0) is 24.0. The summed E-state index contributed by atoms with van der Waals surface area (Å²) >= 11 is 3.05. The van der Waals surface area contributed by atoms with Gasteiger partial charge in [-0.1, -0.05) is 42.5 Å². The maximum atomic E-state index is 13.9. The van der Waals surface area contributed by atoms with Crippen LogP contribution in [0.2, 0.25) is 0 Å². The minimum Gasteiger partial charge on any atom is -0.376 e. The second kappa shape index (κ2) is 11.0. The zero-order valence-corrected chi connectivity index (χ0v) is 20.8. The first-order valence-electron chi connectivity index (χ1n) is 11.7. The number of nitrogens with zero attached hydrogens (tertiary/aromatic N) is 1. The third kappa shape index (κ3) is 5.56. The lowest BCUT2D eigenvalue weighted by Crippen LogP contribution is -2.44. The van der Waals surface area contributed by atoms with Crippen LogP contribution in [0.1, 0.15) is 39.1 Å². The highest BCUT2D eigenvalue weighted by Crippen LogP contribution is 2.30. The molecule has 2 N–H and O–H groups in total. The van der Waals surface area contributed by atoms with E-state index in [-0.39, 0.29) is 17.9 Å². The number of nitrogens with one attached hydrogen (secondary N) is 2. The van der Waals surface area contributed by atoms with Crippen molar-refractivity contribution in [3.8, 4) is 11.3 Å². The van der Waals surface area contributed by atoms with E-state index in [1.165, 1.54) is 11.3 Å². The van der Waals surface area contributed by atoms with Crippen LogP contribution in [-0.4, -0.2) is 41.0 Å². The molecule has 3 aromatic heterocycles. The highest BCUT2D eigenvalue weighted by molar-refractivity contribution is 7.10. The molecule has 4 heterocycles. The summed E-state index contributed by atoms with van der Waals surface area (Å²) < 4.78 is 5.69. The number of hydrogen-bond donors (Lipinski definition) is 2. The molecule has 0 bridgehead atoms. The molecule has 5 rings (SSSR count). The van der Waals surface area contributed by atoms with Crippen molar-refractivity contribution in [3.05, 3.63) is 92.9 Å². The third-order valence-corrected chi connectivity index (χ3v) is 7.85. The first-order valence-corrected chi connectivity index (χ1v) is 13.5. The van der Waals surface area contributed by atoms with Gasteiger partial charge in [0, 0.05) is 28.6 Å². The molecule has 0 radical (unpaired) electrons. The van der Waals surface area contributed by atoms with Crippen LogP contribution < -0.4 is 5.32 Å². The Bertz CT molecular complexity index is 1230. The van der Waals surface area contributed by atoms with Gasteiger partial charge in [0.2, 0.25) is 5.91 Å². The van der Waals surface area contributed by atoms with Gasteiger partial charge in [-0.3, -0.25) is 9.59 Å². The fourth-order valence-corrected chi connectivity index (χ4v) is 5.84. The Morgan fingerprint density at radius 3 is 2.57 bits per heavy atom. The summed E-state index contributed by atoms with van der Waals surface area (Å²) in [4.78, 5) is 34.3. The largest absolute Gasteiger partial charge is 0.376 e. The van der Waals surface area contributed by atoms with Crippen molar-refractivity contribution in [1.82, 2.24) is 15.2 Å². The van der Waals surface area contributed by atoms with Gasteiger partial charge in [0.05, 0.1) is 12.6 Å². The summed E-state index contributed by atoms with van der Waals surface area (Å²) in [6.45, 7) is 1.52. The molecular formula is C27H27N3O3S2. The normalized spacial score (nSPS) is 16.2. The molecule has 4 aromatic rings. The lowest BCUT2D eigenvalue weighted by Gasteiger charge is -2.30. The topological polar surface area (TPSA) is 74.4 Å². The van der Waals surface area contributed by atoms with Crippen molar-refractivity contribution in [1.29, 1.82) is 0 Å². The molecule has 2 atom stereocenters. The minimum atomic E-state index is -0.741. The van der Waals surface area contributed by atoms with E-state index < -0.39 is 6.04 Å². The van der Waals surface area contributed by atoms with E-state index in [0.29, 0.717) is 18.8 Å². The smallest absolute Gasteiger partial charge is 0.271 e. The van der Waals surface area contributed by atoms with Crippen LogP contribution in [-0.2, 0) is 16.1 Å². The number of ether oxygens (including phenoxy) is 1. The maximum absolute atomic E-state index is 13.9. The average Bonchev–Trinajstić information content (AvgIpc) is 3.71. The molecule has 8 heteroatoms. The molecule has 180 valence electrons. The van der Waals surface area contributed by atoms with Crippen LogP contribution in [0.4, 0.5) is 0 Å². The number of amides is 2. The third-order valence-electron chi connectivity index (χ3n) is 6.07. The molecule has 0 saturated carbocycles. The second-order valence-corrected chi connectivity index (χ2v) is 10.5. The lowest BCUT2D eigenvalue weighted by molar-refractivity contribution is -0.126. The molecule has 0 unspecified atom stereocenters. The number of carbonyl (C=O) groups excluding carboxylic acids is 2. The van der Waals surface area contributed by atoms with Crippen LogP contribution in [0.5, 0.6) is 0 Å². The van der Waals surface area contributed by atoms with E-state index in [4.69, 9.17) is 4.74 Å². The van der Waals surface area contributed by atoms with Crippen LogP contribution in [0, 0.1) is 0 Å². The van der Waals surface area contributed by atoms with Crippen molar-refractivity contribution < 1.29 is 14.3 Å². The van der Waals surface area contributed by atoms with Gasteiger partial charge in [0.25, 0.3) is 5.91 Å². The molecule has 1 aliphatic rings. The van der Waals surface area contributed by atoms with Crippen LogP contribution in [0.25, 0.3) is 11.3 Å². The Morgan fingerprint density at radius 2 is 1.86 bits per heavy atom. The monoisotopic (exact) mass is 505 g/mol. The zero-order valence-electron chi connectivity index (χ0n) is 19.2. The van der Waals surface area contributed by atoms with Gasteiger partial charge in [0.15, 0.2) is 0 Å². The van der Waals surface area contributed by atoms with Gasteiger partial charge in [-0.05, 0) is 53.4 Å². The number of H-pyrrole nitrogens is 1. The molecular weight excluding hydrogens is 478 g/mol. The van der Waals surface area contributed by atoms with Crippen molar-refractivity contribution in [2.45, 2.75) is 31.5 Å². The Balaban J connectivity index is 1.45. The van der Waals surface area contributed by atoms with Crippen molar-refractivity contribution >= 4 is 34.5 Å². The predicted molar refractivity (Wildman–Crippen MR) is 139 cm³/mol. The van der Waals surface area contributed by atoms with E-state index in [2.05, 4.69) is 10.3 Å². The van der Waals surface area contributed by atoms with Crippen molar-refractivity contribution in [2.75, 3.05) is 13.2 Å². The molecule has 35 heavy (non-hydrogen) atoms. The van der Waals surface area contributed by atoms with Gasteiger partial charge in [0.1, 0.15) is 11.7 Å². The quantitative estimate of drug-likeness (QED) is 0.316. The Labute approximate surface area is 212 Å². The number of rotatable bonds is 9. The number of hydrogen-bond acceptors (Lipinski definition) is 5. The first-order chi connectivity index (χ1) is 17.2. The van der Waals surface area contributed by atoms with E-state index in [9.17, 15) is 9.59 Å². The number of thiophene rings is 2. The molecule has 1 saturated heterocycles. The summed E-state index contributed by atoms with van der Waals surface area (Å²) in [7, 11) is 0. The van der Waals surface area contributed by atoms with Crippen molar-refractivity contribution in [2.24, 2.45) is 0 Å². The second-order valence-electron chi connectivity index (χ2n) is 8.46. The molecule has 1 fully saturated rings. The van der Waals surface area contributed by atoms with Crippen LogP contribution in [0.15, 0.2) is 77.5 Å². The predicted octanol–water partition coefficient (Wildman–Crippen LogP) is 5.48. The fraction of sp³-hybridized carbons (Fsp3) is 0.259. The van der Waals surface area contributed by atoms with E-state index in [1.807, 2.05) is 71.4 Å². The summed E-state index contributed by atoms with van der Waals surface area (Å²) in [5, 5.41) is 6.97. The lowest BCUT2D eigenvalue weighted by atomic mass is 10.1. The van der Waals surface area contributed by atoms with Gasteiger partial charge in [-0.15, -0.1) is 22.7 Å². The average molecular weight is 506 g/mol. The molecule has 0 spiro atoms. The molecule has 1 aliphatic heterocycles. The fourth-order valence-electron chi connectivity index (χ4n) is 4.30. The summed E-state index contributed by atoms with van der Waals surface area (Å²) in [6.07, 6.45) is 1.97. The standard InChI is InChI=1S/C27H27N3O3S2/c31-26(28-17-20-9-4-14-33-20)25(24-11-6-16-35-24)30(18-21-10-5-15-34-21)27(32)23-13-12-22(29-23)19-7-2-1-3-8-19/h1-3,5-8,10-13,15-16,20,25,29H,4,9,14,17-18H2,(H,28,31)/t20-,25+/m0/s1. The first kappa shape index (κ1) is 23.5. The highest BCUT2D eigenvalue weighted by atomic mass is 32.1. The molecule has 0 aliphatic carbocycles. The molecule has 2 amide bonds. The van der Waals surface area contributed by atoms with E-state index in [1.54, 1.807) is 22.3 Å². The highest BCUT2D eigenvalue weighted by Gasteiger charge is 2.34. The van der Waals surface area contributed by atoms with Gasteiger partial charge in [-0.25, -0.2) is 0 Å². The summed E-state index contributed by atoms with van der Waals surface area (Å²) in [6, 6.07) is 20.6. The van der Waals surface area contributed by atoms with Gasteiger partial charge >= 0.3 is 0 Å². The summed E-state index contributed by atoms with van der Waals surface area (Å²) in [5.74, 6) is -0.408. The van der Waals surface area contributed by atoms with Gasteiger partial charge < -0.3 is 19.9 Å². The molecule has 6 nitrogen and oxygen atoms in total.